The summed E-state index contributed by atoms with van der Waals surface area (Å²) in [6.07, 6.45) is 4.32. The van der Waals surface area contributed by atoms with Crippen molar-refractivity contribution in [2.45, 2.75) is 39.3 Å². The summed E-state index contributed by atoms with van der Waals surface area (Å²) >= 11 is 0. The molecule has 1 N–H and O–H groups in total. The van der Waals surface area contributed by atoms with Crippen LogP contribution >= 0.6 is 0 Å². The molecule has 0 radical (unpaired) electrons. The van der Waals surface area contributed by atoms with Crippen LogP contribution in [0, 0.1) is 6.92 Å². The van der Waals surface area contributed by atoms with Gasteiger partial charge in [0, 0.05) is 6.20 Å². The molecule has 1 aromatic rings. The van der Waals surface area contributed by atoms with E-state index in [2.05, 4.69) is 12.0 Å². The molecule has 0 aliphatic carbocycles. The molecule has 0 saturated heterocycles. The van der Waals surface area contributed by atoms with Gasteiger partial charge in [0.2, 0.25) is 0 Å². The standard InChI is InChI=1S/C9H16N2O/c1-7-5-10-11(6-7)8(2)4-9(3)12/h5-6,8-9,12H,4H2,1-3H3. The summed E-state index contributed by atoms with van der Waals surface area (Å²) in [7, 11) is 0. The largest absolute Gasteiger partial charge is 0.393 e. The van der Waals surface area contributed by atoms with Crippen molar-refractivity contribution in [1.82, 2.24) is 9.78 Å². The van der Waals surface area contributed by atoms with E-state index in [1.165, 1.54) is 0 Å². The Hall–Kier alpha value is -0.830. The van der Waals surface area contributed by atoms with Gasteiger partial charge in [0.05, 0.1) is 18.3 Å². The predicted molar refractivity (Wildman–Crippen MR) is 48.0 cm³/mol. The number of aliphatic hydroxyl groups excluding tert-OH is 1. The fourth-order valence-electron chi connectivity index (χ4n) is 1.28. The first-order valence-electron chi connectivity index (χ1n) is 4.28. The van der Waals surface area contributed by atoms with Crippen LogP contribution in [0.15, 0.2) is 12.4 Å². The van der Waals surface area contributed by atoms with Crippen LogP contribution in [-0.4, -0.2) is 21.0 Å². The Balaban J connectivity index is 2.58. The van der Waals surface area contributed by atoms with Crippen molar-refractivity contribution in [3.8, 4) is 0 Å². The molecule has 0 saturated carbocycles. The average molecular weight is 168 g/mol. The van der Waals surface area contributed by atoms with E-state index in [1.54, 1.807) is 6.92 Å². The fraction of sp³-hybridized carbons (Fsp3) is 0.667. The molecule has 2 atom stereocenters. The van der Waals surface area contributed by atoms with Crippen LogP contribution in [0.25, 0.3) is 0 Å². The minimum atomic E-state index is -0.260. The summed E-state index contributed by atoms with van der Waals surface area (Å²) in [6, 6.07) is 0.277. The number of aromatic nitrogens is 2. The molecular formula is C9H16N2O. The third-order valence-corrected chi connectivity index (χ3v) is 1.86. The van der Waals surface area contributed by atoms with Gasteiger partial charge in [0.1, 0.15) is 0 Å². The van der Waals surface area contributed by atoms with Crippen LogP contribution in [0.2, 0.25) is 0 Å². The van der Waals surface area contributed by atoms with Crippen LogP contribution in [0.4, 0.5) is 0 Å². The minimum Gasteiger partial charge on any atom is -0.393 e. The lowest BCUT2D eigenvalue weighted by atomic mass is 10.2. The Morgan fingerprint density at radius 1 is 1.58 bits per heavy atom. The zero-order chi connectivity index (χ0) is 9.14. The number of rotatable bonds is 3. The Morgan fingerprint density at radius 3 is 2.67 bits per heavy atom. The Morgan fingerprint density at radius 2 is 2.25 bits per heavy atom. The molecule has 68 valence electrons. The van der Waals surface area contributed by atoms with Gasteiger partial charge in [-0.05, 0) is 32.8 Å². The lowest BCUT2D eigenvalue weighted by Crippen LogP contribution is -2.12. The van der Waals surface area contributed by atoms with Gasteiger partial charge in [-0.1, -0.05) is 0 Å². The lowest BCUT2D eigenvalue weighted by Gasteiger charge is -2.13. The predicted octanol–water partition coefficient (Wildman–Crippen LogP) is 1.52. The molecule has 2 unspecified atom stereocenters. The Labute approximate surface area is 73.0 Å². The van der Waals surface area contributed by atoms with Gasteiger partial charge in [-0.3, -0.25) is 4.68 Å². The third-order valence-electron chi connectivity index (χ3n) is 1.86. The van der Waals surface area contributed by atoms with Crippen molar-refractivity contribution >= 4 is 0 Å². The van der Waals surface area contributed by atoms with E-state index in [4.69, 9.17) is 5.11 Å². The van der Waals surface area contributed by atoms with Crippen LogP contribution < -0.4 is 0 Å². The number of aryl methyl sites for hydroxylation is 1. The van der Waals surface area contributed by atoms with Crippen molar-refractivity contribution in [3.63, 3.8) is 0 Å². The van der Waals surface area contributed by atoms with E-state index in [-0.39, 0.29) is 12.1 Å². The highest BCUT2D eigenvalue weighted by Crippen LogP contribution is 2.12. The number of nitrogens with zero attached hydrogens (tertiary/aromatic N) is 2. The molecule has 12 heavy (non-hydrogen) atoms. The first-order chi connectivity index (χ1) is 5.59. The van der Waals surface area contributed by atoms with E-state index < -0.39 is 0 Å². The maximum absolute atomic E-state index is 9.15. The fourth-order valence-corrected chi connectivity index (χ4v) is 1.28. The number of hydrogen-bond donors (Lipinski definition) is 1. The number of aliphatic hydroxyl groups is 1. The minimum absolute atomic E-state index is 0.260. The van der Waals surface area contributed by atoms with Gasteiger partial charge in [-0.2, -0.15) is 5.10 Å². The smallest absolute Gasteiger partial charge is 0.0532 e. The molecule has 3 heteroatoms. The Kier molecular flexibility index (Phi) is 2.87. The molecule has 0 spiro atoms. The monoisotopic (exact) mass is 168 g/mol. The molecular weight excluding hydrogens is 152 g/mol. The molecule has 0 amide bonds. The van der Waals surface area contributed by atoms with Crippen molar-refractivity contribution in [2.24, 2.45) is 0 Å². The van der Waals surface area contributed by atoms with E-state index in [0.717, 1.165) is 12.0 Å². The average Bonchev–Trinajstić information content (AvgIpc) is 2.34. The summed E-state index contributed by atoms with van der Waals surface area (Å²) in [4.78, 5) is 0. The summed E-state index contributed by atoms with van der Waals surface area (Å²) in [6.45, 7) is 5.87. The zero-order valence-corrected chi connectivity index (χ0v) is 7.86. The Bertz CT molecular complexity index is 242. The van der Waals surface area contributed by atoms with E-state index in [9.17, 15) is 0 Å². The van der Waals surface area contributed by atoms with Crippen LogP contribution in [0.1, 0.15) is 31.9 Å². The summed E-state index contributed by atoms with van der Waals surface area (Å²) in [5, 5.41) is 13.3. The highest BCUT2D eigenvalue weighted by molar-refractivity contribution is 5.00. The topological polar surface area (TPSA) is 38.0 Å². The maximum atomic E-state index is 9.15. The molecule has 0 aliphatic heterocycles. The van der Waals surface area contributed by atoms with E-state index in [0.29, 0.717) is 0 Å². The SMILES string of the molecule is Cc1cnn(C(C)CC(C)O)c1. The van der Waals surface area contributed by atoms with Crippen LogP contribution in [0.3, 0.4) is 0 Å². The summed E-state index contributed by atoms with van der Waals surface area (Å²) in [5.41, 5.74) is 1.16. The third kappa shape index (κ3) is 2.34. The van der Waals surface area contributed by atoms with Gasteiger partial charge < -0.3 is 5.11 Å². The molecule has 1 rings (SSSR count). The molecule has 1 heterocycles. The zero-order valence-electron chi connectivity index (χ0n) is 7.86. The lowest BCUT2D eigenvalue weighted by molar-refractivity contribution is 0.162. The summed E-state index contributed by atoms with van der Waals surface area (Å²) in [5.74, 6) is 0. The second kappa shape index (κ2) is 3.72. The van der Waals surface area contributed by atoms with Gasteiger partial charge >= 0.3 is 0 Å². The highest BCUT2D eigenvalue weighted by Gasteiger charge is 2.08. The molecule has 0 aromatic carbocycles. The quantitative estimate of drug-likeness (QED) is 0.743. The van der Waals surface area contributed by atoms with Crippen LogP contribution in [0.5, 0.6) is 0 Å². The van der Waals surface area contributed by atoms with Gasteiger partial charge in [-0.15, -0.1) is 0 Å². The van der Waals surface area contributed by atoms with Gasteiger partial charge in [-0.25, -0.2) is 0 Å². The normalized spacial score (nSPS) is 16.0. The highest BCUT2D eigenvalue weighted by atomic mass is 16.3. The van der Waals surface area contributed by atoms with Gasteiger partial charge in [0.25, 0.3) is 0 Å². The van der Waals surface area contributed by atoms with E-state index in [1.807, 2.05) is 24.0 Å². The molecule has 0 aliphatic rings. The maximum Gasteiger partial charge on any atom is 0.0532 e. The second-order valence-corrected chi connectivity index (χ2v) is 3.43. The van der Waals surface area contributed by atoms with Crippen molar-refractivity contribution < 1.29 is 5.11 Å². The van der Waals surface area contributed by atoms with Crippen LogP contribution in [-0.2, 0) is 0 Å². The van der Waals surface area contributed by atoms with Crippen molar-refractivity contribution in [3.05, 3.63) is 18.0 Å². The summed E-state index contributed by atoms with van der Waals surface area (Å²) < 4.78 is 1.89. The van der Waals surface area contributed by atoms with Gasteiger partial charge in [0.15, 0.2) is 0 Å². The molecule has 0 fully saturated rings. The second-order valence-electron chi connectivity index (χ2n) is 3.43. The molecule has 0 bridgehead atoms. The first-order valence-corrected chi connectivity index (χ1v) is 4.28. The first kappa shape index (κ1) is 9.26. The number of hydrogen-bond acceptors (Lipinski definition) is 2. The molecule has 3 nitrogen and oxygen atoms in total. The van der Waals surface area contributed by atoms with Crippen molar-refractivity contribution in [1.29, 1.82) is 0 Å². The van der Waals surface area contributed by atoms with E-state index >= 15 is 0 Å². The van der Waals surface area contributed by atoms with Crippen molar-refractivity contribution in [2.75, 3.05) is 0 Å². The molecule has 1 aromatic heterocycles.